The van der Waals surface area contributed by atoms with Crippen LogP contribution in [0.3, 0.4) is 0 Å². The first-order chi connectivity index (χ1) is 12.1. The van der Waals surface area contributed by atoms with Crippen molar-refractivity contribution in [3.05, 3.63) is 54.1 Å². The van der Waals surface area contributed by atoms with Gasteiger partial charge in [-0.3, -0.25) is 9.10 Å². The van der Waals surface area contributed by atoms with Gasteiger partial charge >= 0.3 is 0 Å². The van der Waals surface area contributed by atoms with Crippen molar-refractivity contribution in [1.82, 2.24) is 0 Å². The molecule has 1 aliphatic rings. The van der Waals surface area contributed by atoms with Crippen LogP contribution in [0.1, 0.15) is 26.3 Å². The lowest BCUT2D eigenvalue weighted by Crippen LogP contribution is -2.41. The van der Waals surface area contributed by atoms with E-state index in [2.05, 4.69) is 0 Å². The maximum absolute atomic E-state index is 13.2. The highest BCUT2D eigenvalue weighted by atomic mass is 35.5. The first-order valence-corrected chi connectivity index (χ1v) is 10.0. The van der Waals surface area contributed by atoms with Crippen LogP contribution in [-0.2, 0) is 21.2 Å². The fraction of sp³-hybridized carbons (Fsp3) is 0.316. The van der Waals surface area contributed by atoms with Crippen LogP contribution in [0.4, 0.5) is 5.69 Å². The zero-order valence-corrected chi connectivity index (χ0v) is 16.3. The van der Waals surface area contributed by atoms with E-state index >= 15 is 0 Å². The van der Waals surface area contributed by atoms with Crippen molar-refractivity contribution < 1.29 is 17.9 Å². The van der Waals surface area contributed by atoms with E-state index in [1.54, 1.807) is 30.3 Å². The van der Waals surface area contributed by atoms with Crippen LogP contribution in [0, 0.1) is 0 Å². The Bertz CT molecular complexity index is 933. The summed E-state index contributed by atoms with van der Waals surface area (Å²) in [6, 6.07) is 12.3. The Morgan fingerprint density at radius 1 is 1.12 bits per heavy atom. The average Bonchev–Trinajstić information content (AvgIpc) is 2.94. The second-order valence-corrected chi connectivity index (χ2v) is 9.33. The van der Waals surface area contributed by atoms with Crippen molar-refractivity contribution in [3.63, 3.8) is 0 Å². The number of anilines is 1. The predicted octanol–water partition coefficient (Wildman–Crippen LogP) is 3.75. The standard InChI is InChI=1S/C19H20ClNO4S/c1-19(2,3)25-14-8-10-15(11-9-14)26(23,24)21-16-7-5-4-6-13(16)12-17(21)18(20)22/h4-11,17H,12H2,1-3H3/t17-/m0/s1. The number of fused-ring (bicyclic) bond motifs is 1. The monoisotopic (exact) mass is 393 g/mol. The predicted molar refractivity (Wildman–Crippen MR) is 101 cm³/mol. The third kappa shape index (κ3) is 3.57. The number of nitrogens with zero attached hydrogens (tertiary/aromatic N) is 1. The van der Waals surface area contributed by atoms with Crippen molar-refractivity contribution in [1.29, 1.82) is 0 Å². The smallest absolute Gasteiger partial charge is 0.265 e. The molecular weight excluding hydrogens is 374 g/mol. The zero-order valence-electron chi connectivity index (χ0n) is 14.8. The Morgan fingerprint density at radius 2 is 1.73 bits per heavy atom. The molecule has 26 heavy (non-hydrogen) atoms. The Morgan fingerprint density at radius 3 is 2.31 bits per heavy atom. The lowest BCUT2D eigenvalue weighted by molar-refractivity contribution is -0.112. The van der Waals surface area contributed by atoms with E-state index in [1.807, 2.05) is 26.8 Å². The second-order valence-electron chi connectivity index (χ2n) is 7.14. The third-order valence-electron chi connectivity index (χ3n) is 3.99. The molecule has 7 heteroatoms. The third-order valence-corrected chi connectivity index (χ3v) is 6.08. The molecular formula is C19H20ClNO4S. The first kappa shape index (κ1) is 18.7. The van der Waals surface area contributed by atoms with Gasteiger partial charge in [0.25, 0.3) is 10.0 Å². The van der Waals surface area contributed by atoms with Crippen LogP contribution >= 0.6 is 11.6 Å². The van der Waals surface area contributed by atoms with E-state index in [1.165, 1.54) is 12.1 Å². The number of benzene rings is 2. The summed E-state index contributed by atoms with van der Waals surface area (Å²) in [5.41, 5.74) is 0.883. The molecule has 0 unspecified atom stereocenters. The maximum atomic E-state index is 13.2. The number of hydrogen-bond donors (Lipinski definition) is 0. The summed E-state index contributed by atoms with van der Waals surface area (Å²) in [5, 5.41) is -0.697. The molecule has 0 saturated carbocycles. The highest BCUT2D eigenvalue weighted by Gasteiger charge is 2.41. The van der Waals surface area contributed by atoms with E-state index in [-0.39, 0.29) is 16.9 Å². The lowest BCUT2D eigenvalue weighted by Gasteiger charge is -2.25. The number of sulfonamides is 1. The van der Waals surface area contributed by atoms with Gasteiger partial charge in [0.15, 0.2) is 0 Å². The Balaban J connectivity index is 2.00. The summed E-state index contributed by atoms with van der Waals surface area (Å²) in [4.78, 5) is 11.9. The lowest BCUT2D eigenvalue weighted by atomic mass is 10.1. The largest absolute Gasteiger partial charge is 0.488 e. The molecule has 3 rings (SSSR count). The molecule has 0 spiro atoms. The molecule has 0 fully saturated rings. The van der Waals surface area contributed by atoms with Crippen LogP contribution in [0.25, 0.3) is 0 Å². The summed E-state index contributed by atoms with van der Waals surface area (Å²) in [5.74, 6) is 0.572. The average molecular weight is 394 g/mol. The van der Waals surface area contributed by atoms with E-state index in [0.717, 1.165) is 9.87 Å². The molecule has 0 bridgehead atoms. The molecule has 1 aliphatic heterocycles. The molecule has 138 valence electrons. The molecule has 0 aliphatic carbocycles. The number of carbonyl (C=O) groups is 1. The first-order valence-electron chi connectivity index (χ1n) is 8.20. The summed E-state index contributed by atoms with van der Waals surface area (Å²) < 4.78 is 33.2. The van der Waals surface area contributed by atoms with Crippen LogP contribution in [-0.4, -0.2) is 25.3 Å². The van der Waals surface area contributed by atoms with Gasteiger partial charge in [0, 0.05) is 6.42 Å². The Hall–Kier alpha value is -2.05. The van der Waals surface area contributed by atoms with Crippen LogP contribution < -0.4 is 9.04 Å². The van der Waals surface area contributed by atoms with Gasteiger partial charge in [-0.05, 0) is 68.3 Å². The normalized spacial score (nSPS) is 17.1. The van der Waals surface area contributed by atoms with Gasteiger partial charge < -0.3 is 4.74 Å². The number of carbonyl (C=O) groups excluding carboxylic acids is 1. The zero-order chi connectivity index (χ0) is 19.1. The molecule has 5 nitrogen and oxygen atoms in total. The summed E-state index contributed by atoms with van der Waals surface area (Å²) in [7, 11) is -3.93. The minimum atomic E-state index is -3.93. The number of halogens is 1. The molecule has 0 radical (unpaired) electrons. The number of para-hydroxylation sites is 1. The van der Waals surface area contributed by atoms with E-state index in [0.29, 0.717) is 11.4 Å². The van der Waals surface area contributed by atoms with Crippen LogP contribution in [0.2, 0.25) is 0 Å². The molecule has 0 N–H and O–H groups in total. The maximum Gasteiger partial charge on any atom is 0.265 e. The van der Waals surface area contributed by atoms with E-state index < -0.39 is 21.3 Å². The molecule has 1 atom stereocenters. The van der Waals surface area contributed by atoms with Crippen molar-refractivity contribution in [3.8, 4) is 5.75 Å². The molecule has 2 aromatic rings. The summed E-state index contributed by atoms with van der Waals surface area (Å²) >= 11 is 5.70. The van der Waals surface area contributed by atoms with Gasteiger partial charge in [0.05, 0.1) is 10.6 Å². The number of rotatable bonds is 4. The number of ether oxygens (including phenoxy) is 1. The highest BCUT2D eigenvalue weighted by Crippen LogP contribution is 2.37. The molecule has 0 saturated heterocycles. The second kappa shape index (κ2) is 6.59. The van der Waals surface area contributed by atoms with Gasteiger partial charge in [-0.15, -0.1) is 0 Å². The fourth-order valence-electron chi connectivity index (χ4n) is 2.97. The highest BCUT2D eigenvalue weighted by molar-refractivity contribution is 7.93. The molecule has 2 aromatic carbocycles. The summed E-state index contributed by atoms with van der Waals surface area (Å²) in [6.07, 6.45) is 0.267. The topological polar surface area (TPSA) is 63.7 Å². The summed E-state index contributed by atoms with van der Waals surface area (Å²) in [6.45, 7) is 5.74. The minimum absolute atomic E-state index is 0.0818. The number of hydrogen-bond acceptors (Lipinski definition) is 4. The Kier molecular flexibility index (Phi) is 4.75. The van der Waals surface area contributed by atoms with Crippen LogP contribution in [0.15, 0.2) is 53.4 Å². The minimum Gasteiger partial charge on any atom is -0.488 e. The van der Waals surface area contributed by atoms with Crippen molar-refractivity contribution in [2.45, 2.75) is 43.7 Å². The fourth-order valence-corrected chi connectivity index (χ4v) is 4.86. The van der Waals surface area contributed by atoms with Gasteiger partial charge in [-0.25, -0.2) is 8.42 Å². The van der Waals surface area contributed by atoms with E-state index in [9.17, 15) is 13.2 Å². The van der Waals surface area contributed by atoms with Gasteiger partial charge in [-0.2, -0.15) is 0 Å². The quantitative estimate of drug-likeness (QED) is 0.742. The van der Waals surface area contributed by atoms with Gasteiger partial charge in [0.1, 0.15) is 17.4 Å². The van der Waals surface area contributed by atoms with Crippen molar-refractivity contribution in [2.75, 3.05) is 4.31 Å². The SMILES string of the molecule is CC(C)(C)Oc1ccc(S(=O)(=O)N2c3ccccc3C[C@H]2C(=O)Cl)cc1. The van der Waals surface area contributed by atoms with Crippen molar-refractivity contribution >= 4 is 32.6 Å². The van der Waals surface area contributed by atoms with Gasteiger partial charge in [-0.1, -0.05) is 18.2 Å². The van der Waals surface area contributed by atoms with Crippen LogP contribution in [0.5, 0.6) is 5.75 Å². The van der Waals surface area contributed by atoms with E-state index in [4.69, 9.17) is 16.3 Å². The molecule has 0 amide bonds. The van der Waals surface area contributed by atoms with Gasteiger partial charge in [0.2, 0.25) is 5.24 Å². The Labute approximate surface area is 158 Å². The molecule has 1 heterocycles. The van der Waals surface area contributed by atoms with Crippen molar-refractivity contribution in [2.24, 2.45) is 0 Å². The molecule has 0 aromatic heterocycles.